The van der Waals surface area contributed by atoms with Gasteiger partial charge in [0, 0.05) is 10.9 Å². The summed E-state index contributed by atoms with van der Waals surface area (Å²) in [5.41, 5.74) is 1.18. The summed E-state index contributed by atoms with van der Waals surface area (Å²) in [6.45, 7) is 8.37. The van der Waals surface area contributed by atoms with E-state index in [0.717, 1.165) is 13.1 Å². The minimum atomic E-state index is -0.127. The van der Waals surface area contributed by atoms with Gasteiger partial charge in [0.15, 0.2) is 0 Å². The van der Waals surface area contributed by atoms with Gasteiger partial charge in [0.2, 0.25) is 0 Å². The lowest BCUT2D eigenvalue weighted by Crippen LogP contribution is -2.30. The highest BCUT2D eigenvalue weighted by atomic mass is 32.2. The summed E-state index contributed by atoms with van der Waals surface area (Å²) >= 11 is 1.73. The number of carbonyl (C=O) groups excluding carboxylic acids is 1. The molecule has 1 atom stereocenters. The molecule has 0 aromatic heterocycles. The first-order valence-electron chi connectivity index (χ1n) is 7.19. The molecule has 0 aliphatic heterocycles. The Labute approximate surface area is 126 Å². The van der Waals surface area contributed by atoms with Crippen LogP contribution in [0.15, 0.2) is 29.2 Å². The third-order valence-electron chi connectivity index (χ3n) is 3.42. The van der Waals surface area contributed by atoms with Gasteiger partial charge >= 0.3 is 5.97 Å². The Bertz CT molecular complexity index is 401. The highest BCUT2D eigenvalue weighted by molar-refractivity contribution is 7.98. The van der Waals surface area contributed by atoms with E-state index < -0.39 is 0 Å². The van der Waals surface area contributed by atoms with Crippen molar-refractivity contribution in [1.29, 1.82) is 0 Å². The van der Waals surface area contributed by atoms with Crippen molar-refractivity contribution in [3.05, 3.63) is 29.8 Å². The van der Waals surface area contributed by atoms with Gasteiger partial charge in [-0.1, -0.05) is 26.0 Å². The summed E-state index contributed by atoms with van der Waals surface area (Å²) in [6.07, 6.45) is 2.48. The molecule has 0 spiro atoms. The lowest BCUT2D eigenvalue weighted by Gasteiger charge is -2.29. The molecule has 0 fully saturated rings. The van der Waals surface area contributed by atoms with Crippen molar-refractivity contribution in [2.24, 2.45) is 0 Å². The molecule has 0 saturated heterocycles. The van der Waals surface area contributed by atoms with E-state index in [9.17, 15) is 4.79 Å². The lowest BCUT2D eigenvalue weighted by molar-refractivity contribution is -0.144. The van der Waals surface area contributed by atoms with E-state index in [1.54, 1.807) is 11.8 Å². The van der Waals surface area contributed by atoms with Crippen LogP contribution in [0.5, 0.6) is 0 Å². The largest absolute Gasteiger partial charge is 0.466 e. The predicted octanol–water partition coefficient (Wildman–Crippen LogP) is 3.74. The average Bonchev–Trinajstić information content (AvgIpc) is 2.48. The van der Waals surface area contributed by atoms with E-state index in [1.165, 1.54) is 10.5 Å². The maximum atomic E-state index is 11.8. The van der Waals surface area contributed by atoms with Gasteiger partial charge in [-0.25, -0.2) is 0 Å². The molecule has 1 rings (SSSR count). The van der Waals surface area contributed by atoms with E-state index in [4.69, 9.17) is 4.74 Å². The minimum Gasteiger partial charge on any atom is -0.466 e. The fourth-order valence-corrected chi connectivity index (χ4v) is 2.73. The van der Waals surface area contributed by atoms with Crippen LogP contribution < -0.4 is 0 Å². The maximum Gasteiger partial charge on any atom is 0.307 e. The first-order chi connectivity index (χ1) is 9.65. The summed E-state index contributed by atoms with van der Waals surface area (Å²) in [5.74, 6) is -0.127. The Hall–Kier alpha value is -1.00. The average molecular weight is 295 g/mol. The Balaban J connectivity index is 2.92. The highest BCUT2D eigenvalue weighted by Crippen LogP contribution is 2.26. The van der Waals surface area contributed by atoms with Crippen LogP contribution >= 0.6 is 11.8 Å². The number of carbonyl (C=O) groups is 1. The van der Waals surface area contributed by atoms with Crippen LogP contribution in [0.1, 0.15) is 38.8 Å². The zero-order valence-electron chi connectivity index (χ0n) is 12.9. The van der Waals surface area contributed by atoms with Gasteiger partial charge in [-0.3, -0.25) is 9.69 Å². The zero-order valence-corrected chi connectivity index (χ0v) is 13.7. The van der Waals surface area contributed by atoms with Gasteiger partial charge in [0.05, 0.1) is 13.0 Å². The smallest absolute Gasteiger partial charge is 0.307 e. The highest BCUT2D eigenvalue weighted by Gasteiger charge is 2.21. The van der Waals surface area contributed by atoms with Crippen LogP contribution in [0.2, 0.25) is 0 Å². The fraction of sp³-hybridized carbons (Fsp3) is 0.562. The number of rotatable bonds is 8. The molecule has 112 valence electrons. The summed E-state index contributed by atoms with van der Waals surface area (Å²) in [7, 11) is 0. The molecule has 0 aliphatic rings. The standard InChI is InChI=1S/C16H25NO2S/c1-5-17(6-2)15(12-16(18)19-7-3)13-8-10-14(20-4)11-9-13/h8-11,15H,5-7,12H2,1-4H3. The summed E-state index contributed by atoms with van der Waals surface area (Å²) in [4.78, 5) is 15.4. The second-order valence-electron chi connectivity index (χ2n) is 4.52. The first-order valence-corrected chi connectivity index (χ1v) is 8.42. The molecule has 1 aromatic rings. The Morgan fingerprint density at radius 3 is 2.25 bits per heavy atom. The topological polar surface area (TPSA) is 29.5 Å². The third-order valence-corrected chi connectivity index (χ3v) is 4.16. The van der Waals surface area contributed by atoms with Crippen LogP contribution in [0.25, 0.3) is 0 Å². The lowest BCUT2D eigenvalue weighted by atomic mass is 10.0. The Morgan fingerprint density at radius 1 is 1.20 bits per heavy atom. The molecule has 3 nitrogen and oxygen atoms in total. The molecule has 0 radical (unpaired) electrons. The second-order valence-corrected chi connectivity index (χ2v) is 5.40. The third kappa shape index (κ3) is 4.84. The van der Waals surface area contributed by atoms with Crippen LogP contribution in [0, 0.1) is 0 Å². The SMILES string of the molecule is CCOC(=O)CC(c1ccc(SC)cc1)N(CC)CC. The molecule has 0 aliphatic carbocycles. The maximum absolute atomic E-state index is 11.8. The van der Waals surface area contributed by atoms with Crippen LogP contribution in [-0.2, 0) is 9.53 Å². The molecule has 0 N–H and O–H groups in total. The van der Waals surface area contributed by atoms with Crippen LogP contribution in [-0.4, -0.2) is 36.8 Å². The molecule has 0 bridgehead atoms. The molecule has 20 heavy (non-hydrogen) atoms. The van der Waals surface area contributed by atoms with Gasteiger partial charge < -0.3 is 4.74 Å². The van der Waals surface area contributed by atoms with Gasteiger partial charge in [-0.05, 0) is 44.0 Å². The molecule has 0 saturated carbocycles. The number of thioether (sulfide) groups is 1. The molecular formula is C16H25NO2S. The number of hydrogen-bond donors (Lipinski definition) is 0. The van der Waals surface area contributed by atoms with Gasteiger partial charge in [0.1, 0.15) is 0 Å². The molecule has 0 amide bonds. The van der Waals surface area contributed by atoms with Gasteiger partial charge in [0.25, 0.3) is 0 Å². The van der Waals surface area contributed by atoms with E-state index in [-0.39, 0.29) is 12.0 Å². The van der Waals surface area contributed by atoms with E-state index in [2.05, 4.69) is 49.3 Å². The molecule has 1 unspecified atom stereocenters. The van der Waals surface area contributed by atoms with Crippen LogP contribution in [0.3, 0.4) is 0 Å². The second kappa shape index (κ2) is 9.03. The number of nitrogens with zero attached hydrogens (tertiary/aromatic N) is 1. The molecular weight excluding hydrogens is 270 g/mol. The van der Waals surface area contributed by atoms with Crippen molar-refractivity contribution in [3.63, 3.8) is 0 Å². The first kappa shape index (κ1) is 17.1. The predicted molar refractivity (Wildman–Crippen MR) is 85.1 cm³/mol. The minimum absolute atomic E-state index is 0.0972. The summed E-state index contributed by atoms with van der Waals surface area (Å²) in [5, 5.41) is 0. The normalized spacial score (nSPS) is 12.4. The number of benzene rings is 1. The number of esters is 1. The van der Waals surface area contributed by atoms with Crippen molar-refractivity contribution in [3.8, 4) is 0 Å². The number of ether oxygens (including phenoxy) is 1. The van der Waals surface area contributed by atoms with E-state index >= 15 is 0 Å². The zero-order chi connectivity index (χ0) is 15.0. The van der Waals surface area contributed by atoms with Crippen molar-refractivity contribution < 1.29 is 9.53 Å². The van der Waals surface area contributed by atoms with Gasteiger partial charge in [-0.15, -0.1) is 11.8 Å². The van der Waals surface area contributed by atoms with Crippen molar-refractivity contribution in [1.82, 2.24) is 4.90 Å². The van der Waals surface area contributed by atoms with Gasteiger partial charge in [-0.2, -0.15) is 0 Å². The molecule has 0 heterocycles. The monoisotopic (exact) mass is 295 g/mol. The van der Waals surface area contributed by atoms with Crippen molar-refractivity contribution in [2.45, 2.75) is 38.1 Å². The Morgan fingerprint density at radius 2 is 1.80 bits per heavy atom. The van der Waals surface area contributed by atoms with Crippen molar-refractivity contribution >= 4 is 17.7 Å². The number of hydrogen-bond acceptors (Lipinski definition) is 4. The van der Waals surface area contributed by atoms with E-state index in [0.29, 0.717) is 13.0 Å². The fourth-order valence-electron chi connectivity index (χ4n) is 2.33. The van der Waals surface area contributed by atoms with E-state index in [1.807, 2.05) is 6.92 Å². The van der Waals surface area contributed by atoms with Crippen molar-refractivity contribution in [2.75, 3.05) is 26.0 Å². The quantitative estimate of drug-likeness (QED) is 0.540. The summed E-state index contributed by atoms with van der Waals surface area (Å²) < 4.78 is 5.11. The Kier molecular flexibility index (Phi) is 7.70. The molecule has 1 aromatic carbocycles. The summed E-state index contributed by atoms with van der Waals surface area (Å²) in [6, 6.07) is 8.56. The van der Waals surface area contributed by atoms with Crippen LogP contribution in [0.4, 0.5) is 0 Å². The molecule has 4 heteroatoms.